The minimum Gasteiger partial charge on any atom is -0.490 e. The van der Waals surface area contributed by atoms with E-state index in [-0.39, 0.29) is 11.4 Å². The van der Waals surface area contributed by atoms with Gasteiger partial charge in [0.1, 0.15) is 6.33 Å². The lowest BCUT2D eigenvalue weighted by molar-refractivity contribution is -0.385. The number of benzene rings is 2. The summed E-state index contributed by atoms with van der Waals surface area (Å²) < 4.78 is 20.7. The molecule has 0 aliphatic heterocycles. The number of methoxy groups -OCH3 is 1. The summed E-state index contributed by atoms with van der Waals surface area (Å²) in [6.07, 6.45) is 1.47. The van der Waals surface area contributed by atoms with Crippen molar-refractivity contribution in [3.05, 3.63) is 58.7 Å². The monoisotopic (exact) mass is 287 g/mol. The molecule has 0 aliphatic rings. The van der Waals surface area contributed by atoms with E-state index in [2.05, 4.69) is 4.98 Å². The Hall–Kier alpha value is -2.96. The van der Waals surface area contributed by atoms with E-state index >= 15 is 0 Å². The molecular formula is C14H10FN3O3. The second-order valence-electron chi connectivity index (χ2n) is 4.34. The van der Waals surface area contributed by atoms with Gasteiger partial charge in [0.15, 0.2) is 11.6 Å². The number of halogens is 1. The van der Waals surface area contributed by atoms with Crippen molar-refractivity contribution < 1.29 is 14.1 Å². The normalized spacial score (nSPS) is 10.8. The summed E-state index contributed by atoms with van der Waals surface area (Å²) >= 11 is 0. The van der Waals surface area contributed by atoms with Gasteiger partial charge in [-0.05, 0) is 12.1 Å². The lowest BCUT2D eigenvalue weighted by Gasteiger charge is -2.08. The van der Waals surface area contributed by atoms with E-state index in [4.69, 9.17) is 4.74 Å². The van der Waals surface area contributed by atoms with Gasteiger partial charge in [-0.2, -0.15) is 0 Å². The third-order valence-electron chi connectivity index (χ3n) is 3.16. The van der Waals surface area contributed by atoms with Crippen LogP contribution in [0.15, 0.2) is 42.7 Å². The number of nitro groups is 1. The van der Waals surface area contributed by atoms with Gasteiger partial charge in [-0.1, -0.05) is 12.1 Å². The molecule has 6 nitrogen and oxygen atoms in total. The molecule has 106 valence electrons. The van der Waals surface area contributed by atoms with Crippen LogP contribution in [0.3, 0.4) is 0 Å². The predicted octanol–water partition coefficient (Wildman–Crippen LogP) is 3.08. The molecule has 0 aliphatic carbocycles. The van der Waals surface area contributed by atoms with Crippen LogP contribution in [-0.2, 0) is 0 Å². The average molecular weight is 287 g/mol. The number of hydrogen-bond acceptors (Lipinski definition) is 4. The highest BCUT2D eigenvalue weighted by atomic mass is 19.1. The maximum Gasteiger partial charge on any atom is 0.313 e. The summed E-state index contributed by atoms with van der Waals surface area (Å²) in [5.41, 5.74) is 1.14. The molecule has 2 aromatic carbocycles. The molecule has 0 N–H and O–H groups in total. The quantitative estimate of drug-likeness (QED) is 0.548. The SMILES string of the molecule is COc1cc(-n2cnc3ccccc32)c(F)cc1[N+](=O)[O-]. The molecule has 0 spiro atoms. The lowest BCUT2D eigenvalue weighted by Crippen LogP contribution is -2.01. The summed E-state index contributed by atoms with van der Waals surface area (Å²) in [7, 11) is 1.30. The summed E-state index contributed by atoms with van der Waals surface area (Å²) in [6, 6.07) is 9.36. The van der Waals surface area contributed by atoms with Crippen LogP contribution in [-0.4, -0.2) is 21.6 Å². The molecule has 3 aromatic rings. The zero-order valence-electron chi connectivity index (χ0n) is 11.0. The van der Waals surface area contributed by atoms with E-state index in [0.717, 1.165) is 6.07 Å². The molecule has 0 fully saturated rings. The van der Waals surface area contributed by atoms with Crippen LogP contribution in [0.2, 0.25) is 0 Å². The van der Waals surface area contributed by atoms with Crippen molar-refractivity contribution in [1.29, 1.82) is 0 Å². The van der Waals surface area contributed by atoms with Gasteiger partial charge in [-0.15, -0.1) is 0 Å². The van der Waals surface area contributed by atoms with Crippen LogP contribution < -0.4 is 4.74 Å². The van der Waals surface area contributed by atoms with Gasteiger partial charge in [0.2, 0.25) is 0 Å². The standard InChI is InChI=1S/C14H10FN3O3/c1-21-14-7-12(9(15)6-13(14)18(19)20)17-8-16-10-4-2-3-5-11(10)17/h2-8H,1H3. The Bertz CT molecular complexity index is 845. The number of para-hydroxylation sites is 2. The number of aromatic nitrogens is 2. The fourth-order valence-electron chi connectivity index (χ4n) is 2.17. The van der Waals surface area contributed by atoms with E-state index in [9.17, 15) is 14.5 Å². The van der Waals surface area contributed by atoms with Crippen LogP contribution >= 0.6 is 0 Å². The highest BCUT2D eigenvalue weighted by molar-refractivity contribution is 5.77. The van der Waals surface area contributed by atoms with Crippen LogP contribution in [0.1, 0.15) is 0 Å². The summed E-state index contributed by atoms with van der Waals surface area (Å²) in [4.78, 5) is 14.4. The molecule has 1 aromatic heterocycles. The molecule has 0 bridgehead atoms. The van der Waals surface area contributed by atoms with E-state index in [0.29, 0.717) is 11.0 Å². The van der Waals surface area contributed by atoms with E-state index in [1.807, 2.05) is 6.07 Å². The van der Waals surface area contributed by atoms with Gasteiger partial charge >= 0.3 is 5.69 Å². The highest BCUT2D eigenvalue weighted by Crippen LogP contribution is 2.32. The number of nitrogens with zero attached hydrogens (tertiary/aromatic N) is 3. The van der Waals surface area contributed by atoms with Crippen LogP contribution in [0.5, 0.6) is 5.75 Å². The van der Waals surface area contributed by atoms with Gasteiger partial charge < -0.3 is 4.74 Å². The van der Waals surface area contributed by atoms with Gasteiger partial charge in [-0.3, -0.25) is 14.7 Å². The van der Waals surface area contributed by atoms with Crippen molar-refractivity contribution in [3.8, 4) is 11.4 Å². The number of ether oxygens (including phenoxy) is 1. The van der Waals surface area contributed by atoms with E-state index in [1.165, 1.54) is 24.1 Å². The Morgan fingerprint density at radius 2 is 2.10 bits per heavy atom. The van der Waals surface area contributed by atoms with E-state index in [1.54, 1.807) is 18.2 Å². The molecule has 0 saturated heterocycles. The number of fused-ring (bicyclic) bond motifs is 1. The van der Waals surface area contributed by atoms with Gasteiger partial charge in [-0.25, -0.2) is 9.37 Å². The van der Waals surface area contributed by atoms with Crippen LogP contribution in [0.4, 0.5) is 10.1 Å². The van der Waals surface area contributed by atoms with Gasteiger partial charge in [0.05, 0.1) is 34.8 Å². The fraction of sp³-hybridized carbons (Fsp3) is 0.0714. The molecule has 7 heteroatoms. The van der Waals surface area contributed by atoms with Crippen molar-refractivity contribution in [1.82, 2.24) is 9.55 Å². The molecule has 21 heavy (non-hydrogen) atoms. The Morgan fingerprint density at radius 1 is 1.33 bits per heavy atom. The number of nitro benzene ring substituents is 1. The second kappa shape index (κ2) is 4.86. The fourth-order valence-corrected chi connectivity index (χ4v) is 2.17. The van der Waals surface area contributed by atoms with Crippen molar-refractivity contribution in [3.63, 3.8) is 0 Å². The second-order valence-corrected chi connectivity index (χ2v) is 4.34. The lowest BCUT2D eigenvalue weighted by atomic mass is 10.2. The summed E-state index contributed by atoms with van der Waals surface area (Å²) in [5.74, 6) is -0.722. The van der Waals surface area contributed by atoms with Gasteiger partial charge in [0.25, 0.3) is 0 Å². The van der Waals surface area contributed by atoms with Crippen molar-refractivity contribution in [2.75, 3.05) is 7.11 Å². The Kier molecular flexibility index (Phi) is 3.02. The minimum absolute atomic E-state index is 0.00539. The number of hydrogen-bond donors (Lipinski definition) is 0. The van der Waals surface area contributed by atoms with Crippen molar-refractivity contribution in [2.45, 2.75) is 0 Å². The maximum absolute atomic E-state index is 14.2. The van der Waals surface area contributed by atoms with Crippen molar-refractivity contribution >= 4 is 16.7 Å². The Morgan fingerprint density at radius 3 is 2.81 bits per heavy atom. The third kappa shape index (κ3) is 2.08. The highest BCUT2D eigenvalue weighted by Gasteiger charge is 2.20. The molecule has 0 radical (unpaired) electrons. The smallest absolute Gasteiger partial charge is 0.313 e. The Balaban J connectivity index is 2.25. The molecule has 1 heterocycles. The first-order valence-corrected chi connectivity index (χ1v) is 6.06. The molecule has 0 amide bonds. The summed E-state index contributed by atoms with van der Waals surface area (Å²) in [6.45, 7) is 0. The molecule has 0 atom stereocenters. The van der Waals surface area contributed by atoms with Crippen molar-refractivity contribution in [2.24, 2.45) is 0 Å². The zero-order valence-corrected chi connectivity index (χ0v) is 11.0. The largest absolute Gasteiger partial charge is 0.490 e. The third-order valence-corrected chi connectivity index (χ3v) is 3.16. The topological polar surface area (TPSA) is 70.2 Å². The Labute approximate surface area is 118 Å². The first-order chi connectivity index (χ1) is 10.1. The first kappa shape index (κ1) is 13.0. The van der Waals surface area contributed by atoms with Gasteiger partial charge in [0, 0.05) is 6.07 Å². The van der Waals surface area contributed by atoms with Crippen LogP contribution in [0, 0.1) is 15.9 Å². The summed E-state index contributed by atoms with van der Waals surface area (Å²) in [5, 5.41) is 10.9. The molecule has 0 saturated carbocycles. The first-order valence-electron chi connectivity index (χ1n) is 6.06. The maximum atomic E-state index is 14.2. The number of rotatable bonds is 3. The molecular weight excluding hydrogens is 277 g/mol. The van der Waals surface area contributed by atoms with E-state index < -0.39 is 16.4 Å². The minimum atomic E-state index is -0.717. The number of imidazole rings is 1. The predicted molar refractivity (Wildman–Crippen MR) is 74.2 cm³/mol. The van der Waals surface area contributed by atoms with Crippen LogP contribution in [0.25, 0.3) is 16.7 Å². The molecule has 3 rings (SSSR count). The molecule has 0 unspecified atom stereocenters. The average Bonchev–Trinajstić information content (AvgIpc) is 2.90. The zero-order chi connectivity index (χ0) is 15.0.